The van der Waals surface area contributed by atoms with Crippen LogP contribution in [0, 0.1) is 17.7 Å². The quantitative estimate of drug-likeness (QED) is 0.901. The van der Waals surface area contributed by atoms with Gasteiger partial charge in [0, 0.05) is 0 Å². The number of hydrogen-bond donors (Lipinski definition) is 1. The molecular weight excluding hydrogens is 269 g/mol. The van der Waals surface area contributed by atoms with Crippen molar-refractivity contribution < 1.29 is 13.9 Å². The van der Waals surface area contributed by atoms with Crippen molar-refractivity contribution in [1.29, 1.82) is 0 Å². The smallest absolute Gasteiger partial charge is 0.165 e. The summed E-state index contributed by atoms with van der Waals surface area (Å²) in [5.74, 6) is 1.26. The van der Waals surface area contributed by atoms with E-state index >= 15 is 0 Å². The number of methoxy groups -OCH3 is 1. The van der Waals surface area contributed by atoms with Crippen molar-refractivity contribution >= 4 is 0 Å². The second-order valence-electron chi connectivity index (χ2n) is 6.37. The van der Waals surface area contributed by atoms with Crippen molar-refractivity contribution in [2.24, 2.45) is 17.6 Å². The maximum absolute atomic E-state index is 13.7. The Bertz CT molecular complexity index is 456. The van der Waals surface area contributed by atoms with Crippen LogP contribution in [0.5, 0.6) is 5.75 Å². The SMILES string of the molecule is COc1ccc(C(N)COC2CC(C)CC(C)C2)cc1F. The average molecular weight is 295 g/mol. The van der Waals surface area contributed by atoms with Crippen LogP contribution >= 0.6 is 0 Å². The normalized spacial score (nSPS) is 27.4. The Morgan fingerprint density at radius 1 is 1.24 bits per heavy atom. The standard InChI is InChI=1S/C17H26FNO2/c1-11-6-12(2)8-14(7-11)21-10-16(19)13-4-5-17(20-3)15(18)9-13/h4-5,9,11-12,14,16H,6-8,10,19H2,1-3H3. The van der Waals surface area contributed by atoms with E-state index in [4.69, 9.17) is 15.2 Å². The molecule has 0 bridgehead atoms. The molecule has 1 aliphatic carbocycles. The number of nitrogens with two attached hydrogens (primary N) is 1. The van der Waals surface area contributed by atoms with Gasteiger partial charge in [0.15, 0.2) is 11.6 Å². The van der Waals surface area contributed by atoms with Crippen molar-refractivity contribution in [3.8, 4) is 5.75 Å². The molecule has 2 N–H and O–H groups in total. The van der Waals surface area contributed by atoms with E-state index < -0.39 is 0 Å². The molecular formula is C17H26FNO2. The molecule has 1 aromatic carbocycles. The summed E-state index contributed by atoms with van der Waals surface area (Å²) in [6.07, 6.45) is 3.73. The molecule has 3 unspecified atom stereocenters. The third-order valence-corrected chi connectivity index (χ3v) is 4.25. The molecule has 0 aliphatic heterocycles. The Morgan fingerprint density at radius 3 is 2.48 bits per heavy atom. The van der Waals surface area contributed by atoms with Crippen molar-refractivity contribution in [2.75, 3.05) is 13.7 Å². The van der Waals surface area contributed by atoms with E-state index in [9.17, 15) is 4.39 Å². The van der Waals surface area contributed by atoms with Gasteiger partial charge in [0.1, 0.15) is 0 Å². The van der Waals surface area contributed by atoms with Crippen LogP contribution < -0.4 is 10.5 Å². The predicted molar refractivity (Wildman–Crippen MR) is 81.8 cm³/mol. The zero-order valence-electron chi connectivity index (χ0n) is 13.1. The maximum Gasteiger partial charge on any atom is 0.165 e. The number of ether oxygens (including phenoxy) is 2. The van der Waals surface area contributed by atoms with E-state index in [1.54, 1.807) is 12.1 Å². The molecule has 0 aromatic heterocycles. The van der Waals surface area contributed by atoms with Gasteiger partial charge in [-0.15, -0.1) is 0 Å². The summed E-state index contributed by atoms with van der Waals surface area (Å²) in [6.45, 7) is 4.96. The van der Waals surface area contributed by atoms with Crippen molar-refractivity contribution in [2.45, 2.75) is 45.3 Å². The van der Waals surface area contributed by atoms with E-state index in [1.807, 2.05) is 0 Å². The lowest BCUT2D eigenvalue weighted by molar-refractivity contribution is -0.00529. The van der Waals surface area contributed by atoms with Crippen LogP contribution in [0.1, 0.15) is 44.7 Å². The lowest BCUT2D eigenvalue weighted by atomic mass is 9.82. The number of hydrogen-bond acceptors (Lipinski definition) is 3. The minimum Gasteiger partial charge on any atom is -0.494 e. The van der Waals surface area contributed by atoms with Gasteiger partial charge in [-0.25, -0.2) is 4.39 Å². The molecule has 0 spiro atoms. The molecule has 3 nitrogen and oxygen atoms in total. The lowest BCUT2D eigenvalue weighted by Crippen LogP contribution is -2.29. The number of halogens is 1. The van der Waals surface area contributed by atoms with Crippen LogP contribution in [-0.4, -0.2) is 19.8 Å². The summed E-state index contributed by atoms with van der Waals surface area (Å²) < 4.78 is 24.6. The largest absolute Gasteiger partial charge is 0.494 e. The van der Waals surface area contributed by atoms with Crippen LogP contribution in [0.4, 0.5) is 4.39 Å². The molecule has 118 valence electrons. The van der Waals surface area contributed by atoms with E-state index in [0.717, 1.165) is 18.4 Å². The highest BCUT2D eigenvalue weighted by atomic mass is 19.1. The Balaban J connectivity index is 1.89. The van der Waals surface area contributed by atoms with Crippen molar-refractivity contribution in [3.05, 3.63) is 29.6 Å². The molecule has 3 atom stereocenters. The second-order valence-corrected chi connectivity index (χ2v) is 6.37. The van der Waals surface area contributed by atoms with Crippen LogP contribution in [0.25, 0.3) is 0 Å². The summed E-state index contributed by atoms with van der Waals surface area (Å²) in [7, 11) is 1.45. The van der Waals surface area contributed by atoms with E-state index in [2.05, 4.69) is 13.8 Å². The Labute approximate surface area is 126 Å². The van der Waals surface area contributed by atoms with Gasteiger partial charge in [0.25, 0.3) is 0 Å². The van der Waals surface area contributed by atoms with E-state index in [0.29, 0.717) is 18.4 Å². The van der Waals surface area contributed by atoms with E-state index in [-0.39, 0.29) is 23.7 Å². The Kier molecular flexibility index (Phi) is 5.59. The molecule has 4 heteroatoms. The zero-order valence-corrected chi connectivity index (χ0v) is 13.1. The molecule has 2 rings (SSSR count). The molecule has 1 fully saturated rings. The van der Waals surface area contributed by atoms with Crippen LogP contribution in [0.3, 0.4) is 0 Å². The average Bonchev–Trinajstić information content (AvgIpc) is 2.43. The van der Waals surface area contributed by atoms with Crippen LogP contribution in [0.2, 0.25) is 0 Å². The summed E-state index contributed by atoms with van der Waals surface area (Å²) in [5.41, 5.74) is 6.85. The molecule has 1 aliphatic rings. The summed E-state index contributed by atoms with van der Waals surface area (Å²) in [4.78, 5) is 0. The lowest BCUT2D eigenvalue weighted by Gasteiger charge is -2.32. The van der Waals surface area contributed by atoms with Gasteiger partial charge in [-0.1, -0.05) is 19.9 Å². The third kappa shape index (κ3) is 4.42. The first-order valence-corrected chi connectivity index (χ1v) is 7.70. The van der Waals surface area contributed by atoms with Crippen molar-refractivity contribution in [1.82, 2.24) is 0 Å². The first kappa shape index (κ1) is 16.2. The predicted octanol–water partition coefficient (Wildman–Crippen LogP) is 3.68. The summed E-state index contributed by atoms with van der Waals surface area (Å²) >= 11 is 0. The first-order valence-electron chi connectivity index (χ1n) is 7.70. The van der Waals surface area contributed by atoms with Crippen molar-refractivity contribution in [3.63, 3.8) is 0 Å². The summed E-state index contributed by atoms with van der Waals surface area (Å²) in [5, 5.41) is 0. The highest BCUT2D eigenvalue weighted by molar-refractivity contribution is 5.30. The van der Waals surface area contributed by atoms with Crippen LogP contribution in [-0.2, 0) is 4.74 Å². The van der Waals surface area contributed by atoms with Gasteiger partial charge in [-0.05, 0) is 48.8 Å². The first-order chi connectivity index (χ1) is 9.99. The molecule has 1 aromatic rings. The fraction of sp³-hybridized carbons (Fsp3) is 0.647. The minimum atomic E-state index is -0.384. The minimum absolute atomic E-state index is 0.238. The zero-order chi connectivity index (χ0) is 15.4. The molecule has 0 amide bonds. The van der Waals surface area contributed by atoms with Gasteiger partial charge in [-0.3, -0.25) is 0 Å². The molecule has 0 saturated heterocycles. The van der Waals surface area contributed by atoms with Gasteiger partial charge < -0.3 is 15.2 Å². The third-order valence-electron chi connectivity index (χ3n) is 4.25. The number of rotatable bonds is 5. The number of benzene rings is 1. The Hall–Kier alpha value is -1.13. The fourth-order valence-corrected chi connectivity index (χ4v) is 3.26. The molecule has 0 radical (unpaired) electrons. The van der Waals surface area contributed by atoms with Gasteiger partial charge in [0.05, 0.1) is 25.9 Å². The monoisotopic (exact) mass is 295 g/mol. The highest BCUT2D eigenvalue weighted by Crippen LogP contribution is 2.31. The van der Waals surface area contributed by atoms with Crippen LogP contribution in [0.15, 0.2) is 18.2 Å². The maximum atomic E-state index is 13.7. The van der Waals surface area contributed by atoms with Gasteiger partial charge >= 0.3 is 0 Å². The van der Waals surface area contributed by atoms with E-state index in [1.165, 1.54) is 19.6 Å². The molecule has 1 saturated carbocycles. The Morgan fingerprint density at radius 2 is 1.90 bits per heavy atom. The van der Waals surface area contributed by atoms with Gasteiger partial charge in [-0.2, -0.15) is 0 Å². The second kappa shape index (κ2) is 7.23. The summed E-state index contributed by atoms with van der Waals surface area (Å²) in [6, 6.07) is 4.52. The highest BCUT2D eigenvalue weighted by Gasteiger charge is 2.25. The fourth-order valence-electron chi connectivity index (χ4n) is 3.26. The molecule has 21 heavy (non-hydrogen) atoms. The molecule has 0 heterocycles. The topological polar surface area (TPSA) is 44.5 Å². The van der Waals surface area contributed by atoms with Gasteiger partial charge in [0.2, 0.25) is 0 Å².